The van der Waals surface area contributed by atoms with Gasteiger partial charge in [0.15, 0.2) is 0 Å². The van der Waals surface area contributed by atoms with Gasteiger partial charge < -0.3 is 16.0 Å². The van der Waals surface area contributed by atoms with Crippen LogP contribution in [0.15, 0.2) is 18.2 Å². The van der Waals surface area contributed by atoms with Crippen molar-refractivity contribution < 1.29 is 4.79 Å². The molecule has 0 saturated carbocycles. The molecule has 0 saturated heterocycles. The third kappa shape index (κ3) is 5.94. The van der Waals surface area contributed by atoms with Crippen molar-refractivity contribution in [1.29, 1.82) is 0 Å². The number of halogens is 1. The van der Waals surface area contributed by atoms with Gasteiger partial charge in [-0.15, -0.1) is 0 Å². The van der Waals surface area contributed by atoms with Gasteiger partial charge in [0.25, 0.3) is 5.91 Å². The zero-order valence-electron chi connectivity index (χ0n) is 13.2. The highest BCUT2D eigenvalue weighted by Gasteiger charge is 2.13. The van der Waals surface area contributed by atoms with E-state index < -0.39 is 0 Å². The molecule has 0 aliphatic rings. The largest absolute Gasteiger partial charge is 0.399 e. The van der Waals surface area contributed by atoms with Gasteiger partial charge in [-0.25, -0.2) is 0 Å². The summed E-state index contributed by atoms with van der Waals surface area (Å²) in [5, 5.41) is 3.38. The molecule has 0 aliphatic heterocycles. The third-order valence-electron chi connectivity index (χ3n) is 3.62. The monoisotopic (exact) mass is 311 g/mol. The highest BCUT2D eigenvalue weighted by molar-refractivity contribution is 6.34. The number of hydrogen-bond donors (Lipinski definition) is 2. The molecule has 3 N–H and O–H groups in total. The van der Waals surface area contributed by atoms with Crippen molar-refractivity contribution in [2.24, 2.45) is 0 Å². The average Bonchev–Trinajstić information content (AvgIpc) is 2.43. The number of nitrogens with zero attached hydrogens (tertiary/aromatic N) is 1. The average molecular weight is 312 g/mol. The number of nitrogen functional groups attached to an aromatic ring is 1. The van der Waals surface area contributed by atoms with Crippen LogP contribution in [0.1, 0.15) is 44.0 Å². The maximum absolute atomic E-state index is 12.1. The van der Waals surface area contributed by atoms with Crippen molar-refractivity contribution in [2.45, 2.75) is 39.7 Å². The molecule has 118 valence electrons. The van der Waals surface area contributed by atoms with Crippen LogP contribution in [0.25, 0.3) is 0 Å². The Bertz CT molecular complexity index is 461. The number of anilines is 1. The number of nitrogens with one attached hydrogen (secondary N) is 1. The number of nitrogens with two attached hydrogens (primary N) is 1. The van der Waals surface area contributed by atoms with E-state index in [-0.39, 0.29) is 11.9 Å². The van der Waals surface area contributed by atoms with Crippen molar-refractivity contribution in [1.82, 2.24) is 10.2 Å². The molecule has 1 rings (SSSR count). The van der Waals surface area contributed by atoms with E-state index in [2.05, 4.69) is 24.1 Å². The molecule has 0 aromatic heterocycles. The molecule has 0 bridgehead atoms. The highest BCUT2D eigenvalue weighted by Crippen LogP contribution is 2.19. The van der Waals surface area contributed by atoms with Crippen molar-refractivity contribution in [3.8, 4) is 0 Å². The number of amides is 1. The number of carbonyl (C=O) groups excluding carboxylic acids is 1. The first-order chi connectivity index (χ1) is 9.97. The molecule has 1 aromatic carbocycles. The second kappa shape index (κ2) is 8.90. The molecule has 0 aliphatic carbocycles. The van der Waals surface area contributed by atoms with Crippen LogP contribution < -0.4 is 11.1 Å². The second-order valence-corrected chi connectivity index (χ2v) is 5.69. The maximum atomic E-state index is 12.1. The fraction of sp³-hybridized carbons (Fsp3) is 0.562. The molecular weight excluding hydrogens is 286 g/mol. The first-order valence-corrected chi connectivity index (χ1v) is 7.93. The van der Waals surface area contributed by atoms with Gasteiger partial charge >= 0.3 is 0 Å². The Morgan fingerprint density at radius 1 is 1.38 bits per heavy atom. The molecule has 4 nitrogen and oxygen atoms in total. The van der Waals surface area contributed by atoms with E-state index in [9.17, 15) is 4.79 Å². The molecule has 5 heteroatoms. The number of benzene rings is 1. The summed E-state index contributed by atoms with van der Waals surface area (Å²) in [5.74, 6) is -0.143. The zero-order valence-corrected chi connectivity index (χ0v) is 13.9. The first-order valence-electron chi connectivity index (χ1n) is 7.56. The highest BCUT2D eigenvalue weighted by atomic mass is 35.5. The maximum Gasteiger partial charge on any atom is 0.253 e. The molecular formula is C16H26ClN3O. The van der Waals surface area contributed by atoms with Gasteiger partial charge in [0.05, 0.1) is 10.6 Å². The van der Waals surface area contributed by atoms with Crippen molar-refractivity contribution >= 4 is 23.2 Å². The minimum atomic E-state index is -0.143. The van der Waals surface area contributed by atoms with Crippen LogP contribution in [0.4, 0.5) is 5.69 Å². The van der Waals surface area contributed by atoms with Gasteiger partial charge in [0.2, 0.25) is 0 Å². The fourth-order valence-corrected chi connectivity index (χ4v) is 2.52. The Morgan fingerprint density at radius 3 is 2.62 bits per heavy atom. The summed E-state index contributed by atoms with van der Waals surface area (Å²) in [6, 6.07) is 5.07. The lowest BCUT2D eigenvalue weighted by Gasteiger charge is -2.20. The molecule has 1 atom stereocenters. The summed E-state index contributed by atoms with van der Waals surface area (Å²) in [5.41, 5.74) is 6.66. The number of rotatable bonds is 8. The fourth-order valence-electron chi connectivity index (χ4n) is 2.25. The van der Waals surface area contributed by atoms with Crippen LogP contribution in [-0.2, 0) is 0 Å². The SMILES string of the molecule is CCN(CC)CCCC(C)NC(=O)c1ccc(N)cc1Cl. The molecule has 1 unspecified atom stereocenters. The van der Waals surface area contributed by atoms with Crippen LogP contribution in [0.5, 0.6) is 0 Å². The molecule has 0 spiro atoms. The van der Waals surface area contributed by atoms with Crippen molar-refractivity contribution in [2.75, 3.05) is 25.4 Å². The zero-order chi connectivity index (χ0) is 15.8. The van der Waals surface area contributed by atoms with Crippen LogP contribution in [-0.4, -0.2) is 36.5 Å². The van der Waals surface area contributed by atoms with Crippen LogP contribution >= 0.6 is 11.6 Å². The molecule has 0 heterocycles. The van der Waals surface area contributed by atoms with Crippen molar-refractivity contribution in [3.63, 3.8) is 0 Å². The van der Waals surface area contributed by atoms with Gasteiger partial charge in [0.1, 0.15) is 0 Å². The van der Waals surface area contributed by atoms with Crippen LogP contribution in [0, 0.1) is 0 Å². The van der Waals surface area contributed by atoms with Crippen LogP contribution in [0.2, 0.25) is 5.02 Å². The lowest BCUT2D eigenvalue weighted by Crippen LogP contribution is -2.33. The van der Waals surface area contributed by atoms with Gasteiger partial charge in [-0.3, -0.25) is 4.79 Å². The summed E-state index contributed by atoms with van der Waals surface area (Å²) in [7, 11) is 0. The first kappa shape index (κ1) is 17.8. The molecule has 1 amide bonds. The van der Waals surface area contributed by atoms with E-state index >= 15 is 0 Å². The molecule has 0 fully saturated rings. The summed E-state index contributed by atoms with van der Waals surface area (Å²) in [6.45, 7) is 9.55. The minimum absolute atomic E-state index is 0.127. The quantitative estimate of drug-likeness (QED) is 0.725. The van der Waals surface area contributed by atoms with Crippen LogP contribution in [0.3, 0.4) is 0 Å². The predicted molar refractivity (Wildman–Crippen MR) is 89.8 cm³/mol. The van der Waals surface area contributed by atoms with Gasteiger partial charge in [-0.2, -0.15) is 0 Å². The molecule has 0 radical (unpaired) electrons. The van der Waals surface area contributed by atoms with Gasteiger partial charge in [-0.05, 0) is 57.6 Å². The Kier molecular flexibility index (Phi) is 7.54. The Balaban J connectivity index is 2.43. The lowest BCUT2D eigenvalue weighted by molar-refractivity contribution is 0.0937. The smallest absolute Gasteiger partial charge is 0.253 e. The molecule has 1 aromatic rings. The van der Waals surface area contributed by atoms with E-state index in [0.29, 0.717) is 16.3 Å². The topological polar surface area (TPSA) is 58.4 Å². The van der Waals surface area contributed by atoms with Gasteiger partial charge in [-0.1, -0.05) is 25.4 Å². The Hall–Kier alpha value is -1.26. The van der Waals surface area contributed by atoms with E-state index in [1.54, 1.807) is 18.2 Å². The number of hydrogen-bond acceptors (Lipinski definition) is 3. The number of carbonyl (C=O) groups is 1. The lowest BCUT2D eigenvalue weighted by atomic mass is 10.1. The van der Waals surface area contributed by atoms with E-state index in [1.165, 1.54) is 0 Å². The second-order valence-electron chi connectivity index (χ2n) is 5.28. The van der Waals surface area contributed by atoms with E-state index in [0.717, 1.165) is 32.5 Å². The summed E-state index contributed by atoms with van der Waals surface area (Å²) < 4.78 is 0. The Labute approximate surface area is 132 Å². The Morgan fingerprint density at radius 2 is 2.05 bits per heavy atom. The predicted octanol–water partition coefficient (Wildman–Crippen LogP) is 3.16. The third-order valence-corrected chi connectivity index (χ3v) is 3.93. The van der Waals surface area contributed by atoms with E-state index in [4.69, 9.17) is 17.3 Å². The van der Waals surface area contributed by atoms with Crippen molar-refractivity contribution in [3.05, 3.63) is 28.8 Å². The van der Waals surface area contributed by atoms with E-state index in [1.807, 2.05) is 6.92 Å². The summed E-state index contributed by atoms with van der Waals surface area (Å²) >= 11 is 6.04. The summed E-state index contributed by atoms with van der Waals surface area (Å²) in [6.07, 6.45) is 2.02. The normalized spacial score (nSPS) is 12.4. The molecule has 21 heavy (non-hydrogen) atoms. The summed E-state index contributed by atoms with van der Waals surface area (Å²) in [4.78, 5) is 14.5. The minimum Gasteiger partial charge on any atom is -0.399 e. The standard InChI is InChI=1S/C16H26ClN3O/c1-4-20(5-2)10-6-7-12(3)19-16(21)14-9-8-13(18)11-15(14)17/h8-9,11-12H,4-7,10,18H2,1-3H3,(H,19,21). The van der Waals surface area contributed by atoms with Gasteiger partial charge in [0, 0.05) is 11.7 Å².